The first-order chi connectivity index (χ1) is 13.1. The minimum atomic E-state index is -0.325. The lowest BCUT2D eigenvalue weighted by Crippen LogP contribution is -2.14. The van der Waals surface area contributed by atoms with Gasteiger partial charge in [0.05, 0.1) is 7.11 Å². The number of thioether (sulfide) groups is 1. The Hall–Kier alpha value is -2.84. The fraction of sp³-hybridized carbons (Fsp3) is 0.105. The molecule has 1 heterocycles. The first-order valence-corrected chi connectivity index (χ1v) is 10.1. The number of nitrogens with one attached hydrogen (secondary N) is 2. The van der Waals surface area contributed by atoms with Gasteiger partial charge >= 0.3 is 0 Å². The smallest absolute Gasteiger partial charge is 0.275 e. The van der Waals surface area contributed by atoms with Crippen LogP contribution in [0.4, 0.5) is 10.8 Å². The van der Waals surface area contributed by atoms with Crippen LogP contribution in [0.25, 0.3) is 0 Å². The highest BCUT2D eigenvalue weighted by atomic mass is 32.2. The molecule has 0 aliphatic rings. The van der Waals surface area contributed by atoms with E-state index >= 15 is 0 Å². The molecule has 0 spiro atoms. The molecule has 0 unspecified atom stereocenters. The molecule has 0 atom stereocenters. The minimum absolute atomic E-state index is 0.250. The van der Waals surface area contributed by atoms with E-state index in [1.54, 1.807) is 48.5 Å². The van der Waals surface area contributed by atoms with Crippen molar-refractivity contribution in [2.75, 3.05) is 24.0 Å². The fourth-order valence-corrected chi connectivity index (χ4v) is 3.39. The monoisotopic (exact) mass is 399 g/mol. The number of hydrogen-bond donors (Lipinski definition) is 2. The van der Waals surface area contributed by atoms with Gasteiger partial charge in [0.2, 0.25) is 0 Å². The molecule has 0 radical (unpaired) electrons. The van der Waals surface area contributed by atoms with Crippen LogP contribution in [-0.4, -0.2) is 30.2 Å². The highest BCUT2D eigenvalue weighted by Gasteiger charge is 2.14. The Labute approximate surface area is 165 Å². The maximum Gasteiger partial charge on any atom is 0.275 e. The van der Waals surface area contributed by atoms with E-state index in [-0.39, 0.29) is 17.5 Å². The maximum atomic E-state index is 12.4. The topological polar surface area (TPSA) is 80.3 Å². The van der Waals surface area contributed by atoms with Crippen molar-refractivity contribution in [2.24, 2.45) is 0 Å². The molecular weight excluding hydrogens is 382 g/mol. The van der Waals surface area contributed by atoms with Gasteiger partial charge in [0.1, 0.15) is 11.4 Å². The fourth-order valence-electron chi connectivity index (χ4n) is 2.24. The Kier molecular flexibility index (Phi) is 6.10. The third-order valence-corrected chi connectivity index (χ3v) is 5.12. The van der Waals surface area contributed by atoms with Gasteiger partial charge in [-0.2, -0.15) is 0 Å². The summed E-state index contributed by atoms with van der Waals surface area (Å²) in [6.45, 7) is 0. The zero-order valence-corrected chi connectivity index (χ0v) is 16.3. The number of ether oxygens (including phenoxy) is 1. The van der Waals surface area contributed by atoms with Crippen molar-refractivity contribution in [3.63, 3.8) is 0 Å². The zero-order chi connectivity index (χ0) is 19.2. The number of methoxy groups -OCH3 is 1. The molecule has 6 nitrogen and oxygen atoms in total. The average molecular weight is 399 g/mol. The molecule has 1 aromatic heterocycles. The van der Waals surface area contributed by atoms with Crippen LogP contribution in [0.15, 0.2) is 58.8 Å². The predicted molar refractivity (Wildman–Crippen MR) is 109 cm³/mol. The third-order valence-electron chi connectivity index (χ3n) is 3.64. The number of carbonyl (C=O) groups is 2. The van der Waals surface area contributed by atoms with E-state index in [0.29, 0.717) is 22.1 Å². The molecule has 0 fully saturated rings. The Morgan fingerprint density at radius 3 is 2.56 bits per heavy atom. The number of rotatable bonds is 6. The summed E-state index contributed by atoms with van der Waals surface area (Å²) in [6.07, 6.45) is 1.97. The Morgan fingerprint density at radius 2 is 1.85 bits per heavy atom. The first-order valence-electron chi connectivity index (χ1n) is 7.95. The predicted octanol–water partition coefficient (Wildman–Crippen LogP) is 4.38. The number of hydrogen-bond acceptors (Lipinski definition) is 6. The van der Waals surface area contributed by atoms with Crippen molar-refractivity contribution in [1.29, 1.82) is 0 Å². The van der Waals surface area contributed by atoms with Gasteiger partial charge in [0.25, 0.3) is 11.8 Å². The van der Waals surface area contributed by atoms with Gasteiger partial charge in [-0.05, 0) is 48.7 Å². The second-order valence-corrected chi connectivity index (χ2v) is 7.14. The first kappa shape index (κ1) is 18.9. The van der Waals surface area contributed by atoms with Crippen molar-refractivity contribution in [3.8, 4) is 5.75 Å². The van der Waals surface area contributed by atoms with E-state index in [1.165, 1.54) is 11.3 Å². The number of aromatic nitrogens is 1. The number of benzene rings is 2. The zero-order valence-electron chi connectivity index (χ0n) is 14.7. The van der Waals surface area contributed by atoms with Crippen LogP contribution in [0.5, 0.6) is 5.75 Å². The van der Waals surface area contributed by atoms with Gasteiger partial charge in [0, 0.05) is 21.5 Å². The van der Waals surface area contributed by atoms with Crippen LogP contribution >= 0.6 is 23.1 Å². The largest absolute Gasteiger partial charge is 0.497 e. The lowest BCUT2D eigenvalue weighted by Gasteiger charge is -2.05. The third kappa shape index (κ3) is 4.87. The van der Waals surface area contributed by atoms with Gasteiger partial charge in [-0.25, -0.2) is 4.98 Å². The van der Waals surface area contributed by atoms with Crippen LogP contribution in [0.2, 0.25) is 0 Å². The molecule has 0 bridgehead atoms. The summed E-state index contributed by atoms with van der Waals surface area (Å²) in [6, 6.07) is 14.3. The van der Waals surface area contributed by atoms with Crippen LogP contribution in [0.1, 0.15) is 20.8 Å². The highest BCUT2D eigenvalue weighted by molar-refractivity contribution is 7.98. The van der Waals surface area contributed by atoms with Gasteiger partial charge < -0.3 is 10.1 Å². The lowest BCUT2D eigenvalue weighted by atomic mass is 10.2. The summed E-state index contributed by atoms with van der Waals surface area (Å²) in [4.78, 5) is 29.9. The van der Waals surface area contributed by atoms with Crippen LogP contribution in [0.3, 0.4) is 0 Å². The molecule has 0 saturated carbocycles. The SMILES string of the molecule is COc1ccc(C(=O)Nc2nc(C(=O)Nc3cccc(SC)c3)cs2)cc1. The molecule has 0 aliphatic heterocycles. The Bertz CT molecular complexity index is 955. The number of nitrogens with zero attached hydrogens (tertiary/aromatic N) is 1. The summed E-state index contributed by atoms with van der Waals surface area (Å²) in [5.74, 6) is 0.0476. The van der Waals surface area contributed by atoms with Crippen molar-refractivity contribution in [3.05, 3.63) is 65.2 Å². The number of thiazole rings is 1. The van der Waals surface area contributed by atoms with Crippen LogP contribution in [0, 0.1) is 0 Å². The van der Waals surface area contributed by atoms with Crippen LogP contribution in [-0.2, 0) is 0 Å². The summed E-state index contributed by atoms with van der Waals surface area (Å²) in [7, 11) is 1.56. The van der Waals surface area contributed by atoms with Gasteiger partial charge in [0.15, 0.2) is 5.13 Å². The van der Waals surface area contributed by atoms with Crippen LogP contribution < -0.4 is 15.4 Å². The lowest BCUT2D eigenvalue weighted by molar-refractivity contribution is 0.101. The van der Waals surface area contributed by atoms with E-state index in [4.69, 9.17) is 4.74 Å². The molecule has 8 heteroatoms. The second kappa shape index (κ2) is 8.70. The van der Waals surface area contributed by atoms with Gasteiger partial charge in [-0.3, -0.25) is 14.9 Å². The molecule has 2 aromatic carbocycles. The molecule has 3 aromatic rings. The Morgan fingerprint density at radius 1 is 1.07 bits per heavy atom. The van der Waals surface area contributed by atoms with Crippen molar-refractivity contribution in [1.82, 2.24) is 4.98 Å². The van der Waals surface area contributed by atoms with Crippen molar-refractivity contribution < 1.29 is 14.3 Å². The summed E-state index contributed by atoms with van der Waals surface area (Å²) >= 11 is 2.79. The normalized spacial score (nSPS) is 10.3. The molecule has 0 aliphatic carbocycles. The molecule has 0 saturated heterocycles. The van der Waals surface area contributed by atoms with E-state index < -0.39 is 0 Å². The Balaban J connectivity index is 1.64. The minimum Gasteiger partial charge on any atom is -0.497 e. The van der Waals surface area contributed by atoms with E-state index in [2.05, 4.69) is 15.6 Å². The molecule has 2 N–H and O–H groups in total. The van der Waals surface area contributed by atoms with E-state index in [1.807, 2.05) is 30.5 Å². The number of anilines is 2. The standard InChI is InChI=1S/C19H17N3O3S2/c1-25-14-8-6-12(7-9-14)17(23)22-19-21-16(11-27-19)18(24)20-13-4-3-5-15(10-13)26-2/h3-11H,1-2H3,(H,20,24)(H,21,22,23). The quantitative estimate of drug-likeness (QED) is 0.601. The summed E-state index contributed by atoms with van der Waals surface area (Å²) in [5.41, 5.74) is 1.43. The molecule has 2 amide bonds. The van der Waals surface area contributed by atoms with Crippen molar-refractivity contribution >= 4 is 45.7 Å². The molecule has 27 heavy (non-hydrogen) atoms. The maximum absolute atomic E-state index is 12.4. The van der Waals surface area contributed by atoms with Gasteiger partial charge in [-0.15, -0.1) is 23.1 Å². The summed E-state index contributed by atoms with van der Waals surface area (Å²) < 4.78 is 5.07. The molecule has 3 rings (SSSR count). The molecule has 138 valence electrons. The van der Waals surface area contributed by atoms with E-state index in [9.17, 15) is 9.59 Å². The second-order valence-electron chi connectivity index (χ2n) is 5.41. The molecular formula is C19H17N3O3S2. The van der Waals surface area contributed by atoms with E-state index in [0.717, 1.165) is 4.90 Å². The number of carbonyl (C=O) groups excluding carboxylic acids is 2. The number of amides is 2. The summed E-state index contributed by atoms with van der Waals surface area (Å²) in [5, 5.41) is 7.48. The highest BCUT2D eigenvalue weighted by Crippen LogP contribution is 2.21. The average Bonchev–Trinajstić information content (AvgIpc) is 3.17. The van der Waals surface area contributed by atoms with Gasteiger partial charge in [-0.1, -0.05) is 6.07 Å². The van der Waals surface area contributed by atoms with Crippen molar-refractivity contribution in [2.45, 2.75) is 4.90 Å².